The predicted molar refractivity (Wildman–Crippen MR) is 74.3 cm³/mol. The van der Waals surface area contributed by atoms with E-state index in [4.69, 9.17) is 5.11 Å². The molecule has 2 N–H and O–H groups in total. The molecular weight excluding hydrogens is 242 g/mol. The number of benzene rings is 1. The third kappa shape index (κ3) is 3.81. The highest BCUT2D eigenvalue weighted by Crippen LogP contribution is 2.12. The van der Waals surface area contributed by atoms with E-state index in [1.165, 1.54) is 0 Å². The van der Waals surface area contributed by atoms with Crippen molar-refractivity contribution >= 4 is 11.9 Å². The maximum absolute atomic E-state index is 12.1. The summed E-state index contributed by atoms with van der Waals surface area (Å²) in [5.41, 5.74) is 2.62. The van der Waals surface area contributed by atoms with Crippen LogP contribution in [0, 0.1) is 19.8 Å². The van der Waals surface area contributed by atoms with E-state index in [9.17, 15) is 9.59 Å². The lowest BCUT2D eigenvalue weighted by atomic mass is 9.98. The Balaban J connectivity index is 2.87. The number of aryl methyl sites for hydroxylation is 2. The van der Waals surface area contributed by atoms with Crippen molar-refractivity contribution in [3.8, 4) is 0 Å². The zero-order valence-corrected chi connectivity index (χ0v) is 11.9. The van der Waals surface area contributed by atoms with Crippen LogP contribution in [-0.4, -0.2) is 23.0 Å². The summed E-state index contributed by atoms with van der Waals surface area (Å²) in [6, 6.07) is 4.51. The van der Waals surface area contributed by atoms with Gasteiger partial charge in [-0.25, -0.2) is 4.79 Å². The van der Waals surface area contributed by atoms with Crippen molar-refractivity contribution in [2.45, 2.75) is 40.2 Å². The van der Waals surface area contributed by atoms with Gasteiger partial charge in [-0.1, -0.05) is 26.3 Å². The molecule has 0 heterocycles. The quantitative estimate of drug-likeness (QED) is 0.858. The highest BCUT2D eigenvalue weighted by molar-refractivity contribution is 5.96. The van der Waals surface area contributed by atoms with Crippen LogP contribution < -0.4 is 5.32 Å². The van der Waals surface area contributed by atoms with Crippen LogP contribution in [0.2, 0.25) is 0 Å². The number of aliphatic carboxylic acids is 1. The van der Waals surface area contributed by atoms with Crippen molar-refractivity contribution in [1.82, 2.24) is 5.32 Å². The van der Waals surface area contributed by atoms with Gasteiger partial charge in [0.05, 0.1) is 0 Å². The van der Waals surface area contributed by atoms with Crippen LogP contribution in [0.3, 0.4) is 0 Å². The van der Waals surface area contributed by atoms with Crippen LogP contribution in [0.4, 0.5) is 0 Å². The van der Waals surface area contributed by atoms with Gasteiger partial charge in [0, 0.05) is 5.56 Å². The molecule has 4 heteroatoms. The Bertz CT molecular complexity index is 482. The molecule has 19 heavy (non-hydrogen) atoms. The third-order valence-electron chi connectivity index (χ3n) is 3.53. The summed E-state index contributed by atoms with van der Waals surface area (Å²) in [6.45, 7) is 7.62. The van der Waals surface area contributed by atoms with Crippen LogP contribution in [0.1, 0.15) is 41.8 Å². The van der Waals surface area contributed by atoms with Gasteiger partial charge in [0.25, 0.3) is 5.91 Å². The van der Waals surface area contributed by atoms with Crippen molar-refractivity contribution in [2.24, 2.45) is 5.92 Å². The molecule has 0 aliphatic carbocycles. The topological polar surface area (TPSA) is 66.4 Å². The Kier molecular flexibility index (Phi) is 5.10. The number of hydrogen-bond acceptors (Lipinski definition) is 2. The van der Waals surface area contributed by atoms with Gasteiger partial charge in [-0.15, -0.1) is 0 Å². The molecule has 4 nitrogen and oxygen atoms in total. The molecule has 1 rings (SSSR count). The zero-order chi connectivity index (χ0) is 14.6. The number of amides is 1. The lowest BCUT2D eigenvalue weighted by Crippen LogP contribution is -2.45. The standard InChI is InChI=1S/C15H21NO3/c1-5-9(2)13(15(18)19)16-14(17)12-7-6-10(3)11(4)8-12/h6-9,13H,5H2,1-4H3,(H,16,17)(H,18,19). The van der Waals surface area contributed by atoms with Gasteiger partial charge in [-0.2, -0.15) is 0 Å². The van der Waals surface area contributed by atoms with E-state index in [0.29, 0.717) is 12.0 Å². The normalized spacial score (nSPS) is 13.7. The zero-order valence-electron chi connectivity index (χ0n) is 11.9. The first-order chi connectivity index (χ1) is 8.86. The molecule has 0 radical (unpaired) electrons. The smallest absolute Gasteiger partial charge is 0.326 e. The molecule has 104 valence electrons. The second-order valence-electron chi connectivity index (χ2n) is 4.97. The maximum atomic E-state index is 12.1. The number of carbonyl (C=O) groups excluding carboxylic acids is 1. The second-order valence-corrected chi connectivity index (χ2v) is 4.97. The minimum Gasteiger partial charge on any atom is -0.480 e. The fourth-order valence-corrected chi connectivity index (χ4v) is 1.79. The second kappa shape index (κ2) is 6.36. The van der Waals surface area contributed by atoms with Crippen LogP contribution >= 0.6 is 0 Å². The summed E-state index contributed by atoms with van der Waals surface area (Å²) in [7, 11) is 0. The predicted octanol–water partition coefficient (Wildman–Crippen LogP) is 2.53. The van der Waals surface area contributed by atoms with Crippen molar-refractivity contribution in [1.29, 1.82) is 0 Å². The fourth-order valence-electron chi connectivity index (χ4n) is 1.79. The molecule has 0 saturated heterocycles. The Morgan fingerprint density at radius 3 is 2.37 bits per heavy atom. The van der Waals surface area contributed by atoms with Crippen LogP contribution in [-0.2, 0) is 4.79 Å². The lowest BCUT2D eigenvalue weighted by molar-refractivity contribution is -0.140. The van der Waals surface area contributed by atoms with E-state index in [1.807, 2.05) is 33.8 Å². The molecule has 2 unspecified atom stereocenters. The van der Waals surface area contributed by atoms with Crippen molar-refractivity contribution < 1.29 is 14.7 Å². The average molecular weight is 263 g/mol. The molecule has 1 aromatic carbocycles. The van der Waals surface area contributed by atoms with Gasteiger partial charge in [0.2, 0.25) is 0 Å². The molecule has 0 aromatic heterocycles. The summed E-state index contributed by atoms with van der Waals surface area (Å²) in [5, 5.41) is 11.7. The summed E-state index contributed by atoms with van der Waals surface area (Å²) in [5.74, 6) is -1.43. The van der Waals surface area contributed by atoms with Crippen LogP contribution in [0.5, 0.6) is 0 Å². The van der Waals surface area contributed by atoms with E-state index < -0.39 is 12.0 Å². The first-order valence-electron chi connectivity index (χ1n) is 6.47. The minimum absolute atomic E-state index is 0.104. The third-order valence-corrected chi connectivity index (χ3v) is 3.53. The Hall–Kier alpha value is -1.84. The molecule has 0 spiro atoms. The first-order valence-corrected chi connectivity index (χ1v) is 6.47. The molecule has 2 atom stereocenters. The molecule has 1 amide bonds. The van der Waals surface area contributed by atoms with Gasteiger partial charge in [0.1, 0.15) is 6.04 Å². The number of rotatable bonds is 5. The van der Waals surface area contributed by atoms with Crippen LogP contribution in [0.15, 0.2) is 18.2 Å². The molecule has 0 saturated carbocycles. The molecule has 0 fully saturated rings. The Morgan fingerprint density at radius 2 is 1.89 bits per heavy atom. The largest absolute Gasteiger partial charge is 0.480 e. The monoisotopic (exact) mass is 263 g/mol. The van der Waals surface area contributed by atoms with E-state index in [0.717, 1.165) is 11.1 Å². The van der Waals surface area contributed by atoms with Crippen molar-refractivity contribution in [2.75, 3.05) is 0 Å². The molecule has 0 aliphatic rings. The molecule has 1 aromatic rings. The highest BCUT2D eigenvalue weighted by Gasteiger charge is 2.25. The Labute approximate surface area is 113 Å². The van der Waals surface area contributed by atoms with E-state index in [1.54, 1.807) is 12.1 Å². The van der Waals surface area contributed by atoms with Gasteiger partial charge >= 0.3 is 5.97 Å². The highest BCUT2D eigenvalue weighted by atomic mass is 16.4. The van der Waals surface area contributed by atoms with Gasteiger partial charge in [0.15, 0.2) is 0 Å². The average Bonchev–Trinajstić information content (AvgIpc) is 2.37. The van der Waals surface area contributed by atoms with E-state index >= 15 is 0 Å². The summed E-state index contributed by atoms with van der Waals surface area (Å²) in [4.78, 5) is 23.2. The molecule has 0 aliphatic heterocycles. The minimum atomic E-state index is -0.994. The van der Waals surface area contributed by atoms with Crippen molar-refractivity contribution in [3.05, 3.63) is 34.9 Å². The number of carbonyl (C=O) groups is 2. The van der Waals surface area contributed by atoms with Gasteiger partial charge in [-0.3, -0.25) is 4.79 Å². The molecular formula is C15H21NO3. The number of hydrogen-bond donors (Lipinski definition) is 2. The van der Waals surface area contributed by atoms with Crippen molar-refractivity contribution in [3.63, 3.8) is 0 Å². The molecule has 0 bridgehead atoms. The SMILES string of the molecule is CCC(C)C(NC(=O)c1ccc(C)c(C)c1)C(=O)O. The summed E-state index contributed by atoms with van der Waals surface area (Å²) in [6.07, 6.45) is 0.699. The first kappa shape index (κ1) is 15.2. The number of carboxylic acid groups (broad SMARTS) is 1. The fraction of sp³-hybridized carbons (Fsp3) is 0.467. The summed E-state index contributed by atoms with van der Waals surface area (Å²) < 4.78 is 0. The maximum Gasteiger partial charge on any atom is 0.326 e. The van der Waals surface area contributed by atoms with E-state index in [2.05, 4.69) is 5.32 Å². The number of nitrogens with one attached hydrogen (secondary N) is 1. The summed E-state index contributed by atoms with van der Waals surface area (Å²) >= 11 is 0. The van der Waals surface area contributed by atoms with Crippen LogP contribution in [0.25, 0.3) is 0 Å². The Morgan fingerprint density at radius 1 is 1.26 bits per heavy atom. The van der Waals surface area contributed by atoms with Gasteiger partial charge in [-0.05, 0) is 43.0 Å². The number of carboxylic acids is 1. The van der Waals surface area contributed by atoms with E-state index in [-0.39, 0.29) is 11.8 Å². The van der Waals surface area contributed by atoms with Gasteiger partial charge < -0.3 is 10.4 Å². The lowest BCUT2D eigenvalue weighted by Gasteiger charge is -2.20.